The first kappa shape index (κ1) is 37.9. The molecule has 0 amide bonds. The number of amidine groups is 1. The molecule has 60 heavy (non-hydrogen) atoms. The molecule has 3 aromatic heterocycles. The molecule has 5 aromatic rings. The predicted octanol–water partition coefficient (Wildman–Crippen LogP) is 10.2. The maximum Gasteiger partial charge on any atom is 0.434 e. The highest BCUT2D eigenvalue weighted by Gasteiger charge is 2.39. The number of halogens is 3. The standard InChI is InChI=1S/C44H43F3N10O2S/c1-26-9-15-38(58-26)48-33-21-28(55-17-5-3-6-18-55)11-13-31(33)35-23-30-24-36(51-43-54-40(53-42(50-35)57(30)43)41-52-37(25-60-41)44(45,46)47)32-14-12-29(56-19-7-4-8-20-56)22-34(32)49-39-16-10-27(2)59-39/h9-16,21-25,42,48-49H,3-8,17-20H2,1-2H3,(H,51,53,54). The molecule has 1 atom stereocenters. The van der Waals surface area contributed by atoms with Crippen LogP contribution < -0.4 is 25.8 Å². The third-order valence-corrected chi connectivity index (χ3v) is 12.1. The van der Waals surface area contributed by atoms with Crippen LogP contribution in [-0.4, -0.2) is 59.9 Å². The van der Waals surface area contributed by atoms with E-state index in [-0.39, 0.29) is 16.8 Å². The van der Waals surface area contributed by atoms with E-state index in [2.05, 4.69) is 67.1 Å². The Balaban J connectivity index is 1.11. The molecule has 10 rings (SSSR count). The number of hydrogen-bond donors (Lipinski definition) is 3. The summed E-state index contributed by atoms with van der Waals surface area (Å²) in [7, 11) is 0. The van der Waals surface area contributed by atoms with Crippen LogP contribution >= 0.6 is 11.3 Å². The number of alkyl halides is 3. The number of piperidine rings is 2. The minimum Gasteiger partial charge on any atom is -0.446 e. The summed E-state index contributed by atoms with van der Waals surface area (Å²) in [6, 6.07) is 20.2. The van der Waals surface area contributed by atoms with Crippen molar-refractivity contribution in [2.75, 3.05) is 46.6 Å². The van der Waals surface area contributed by atoms with Gasteiger partial charge < -0.3 is 34.6 Å². The Morgan fingerprint density at radius 3 is 1.90 bits per heavy atom. The molecular weight excluding hydrogens is 790 g/mol. The number of nitrogens with one attached hydrogen (secondary N) is 3. The van der Waals surface area contributed by atoms with Gasteiger partial charge in [-0.15, -0.1) is 11.3 Å². The second kappa shape index (κ2) is 15.4. The topological polar surface area (TPSA) is 122 Å². The lowest BCUT2D eigenvalue weighted by atomic mass is 10.0. The van der Waals surface area contributed by atoms with E-state index in [1.807, 2.05) is 55.2 Å². The minimum atomic E-state index is -4.60. The first-order valence-corrected chi connectivity index (χ1v) is 21.2. The molecule has 0 spiro atoms. The molecule has 0 saturated carbocycles. The zero-order valence-electron chi connectivity index (χ0n) is 33.1. The summed E-state index contributed by atoms with van der Waals surface area (Å²) in [6.07, 6.45) is 5.56. The van der Waals surface area contributed by atoms with Gasteiger partial charge in [-0.25, -0.2) is 15.0 Å². The van der Waals surface area contributed by atoms with Gasteiger partial charge >= 0.3 is 6.18 Å². The molecular formula is C44H43F3N10O2S. The quantitative estimate of drug-likeness (QED) is 0.133. The molecule has 5 aliphatic heterocycles. The molecule has 0 bridgehead atoms. The molecule has 12 nitrogen and oxygen atoms in total. The van der Waals surface area contributed by atoms with Gasteiger partial charge in [0.05, 0.1) is 28.5 Å². The van der Waals surface area contributed by atoms with Crippen LogP contribution in [0.1, 0.15) is 71.9 Å². The number of anilines is 6. The largest absolute Gasteiger partial charge is 0.446 e. The van der Waals surface area contributed by atoms with Crippen LogP contribution in [0.4, 0.5) is 47.7 Å². The number of aryl methyl sites for hydroxylation is 2. The molecule has 8 heterocycles. The first-order valence-electron chi connectivity index (χ1n) is 20.3. The lowest BCUT2D eigenvalue weighted by molar-refractivity contribution is -0.140. The fourth-order valence-corrected chi connectivity index (χ4v) is 9.05. The number of aliphatic imine (C=N–C) groups is 3. The summed E-state index contributed by atoms with van der Waals surface area (Å²) in [5, 5.41) is 11.4. The minimum absolute atomic E-state index is 0.0801. The van der Waals surface area contributed by atoms with Crippen LogP contribution in [0.3, 0.4) is 0 Å². The lowest BCUT2D eigenvalue weighted by Gasteiger charge is -2.40. The Labute approximate surface area is 348 Å². The molecule has 1 unspecified atom stereocenters. The number of nitrogens with zero attached hydrogens (tertiary/aromatic N) is 7. The summed E-state index contributed by atoms with van der Waals surface area (Å²) >= 11 is 0.864. The Bertz CT molecular complexity index is 2600. The number of allylic oxidation sites excluding steroid dienone is 2. The molecule has 3 N–H and O–H groups in total. The molecule has 0 aliphatic carbocycles. The predicted molar refractivity (Wildman–Crippen MR) is 231 cm³/mol. The molecule has 2 fully saturated rings. The van der Waals surface area contributed by atoms with Crippen molar-refractivity contribution in [1.29, 1.82) is 0 Å². The van der Waals surface area contributed by atoms with Crippen molar-refractivity contribution in [3.05, 3.63) is 117 Å². The number of furan rings is 2. The van der Waals surface area contributed by atoms with Crippen LogP contribution in [0.5, 0.6) is 0 Å². The van der Waals surface area contributed by atoms with E-state index in [0.717, 1.165) is 120 Å². The molecule has 16 heteroatoms. The fraction of sp³-hybridized carbons (Fsp3) is 0.318. The molecule has 2 aromatic carbocycles. The Kier molecular flexibility index (Phi) is 9.73. The van der Waals surface area contributed by atoms with E-state index in [1.54, 1.807) is 0 Å². The fourth-order valence-electron chi connectivity index (χ4n) is 8.27. The maximum absolute atomic E-state index is 13.8. The van der Waals surface area contributed by atoms with Crippen molar-refractivity contribution in [1.82, 2.24) is 15.2 Å². The van der Waals surface area contributed by atoms with Crippen molar-refractivity contribution in [2.24, 2.45) is 15.0 Å². The van der Waals surface area contributed by atoms with E-state index in [9.17, 15) is 13.2 Å². The van der Waals surface area contributed by atoms with Gasteiger partial charge in [0.25, 0.3) is 0 Å². The third-order valence-electron chi connectivity index (χ3n) is 11.3. The smallest absolute Gasteiger partial charge is 0.434 e. The average Bonchev–Trinajstić information content (AvgIpc) is 4.03. The number of hydrogen-bond acceptors (Lipinski definition) is 13. The van der Waals surface area contributed by atoms with Crippen LogP contribution in [-0.2, 0) is 6.18 Å². The number of rotatable bonds is 9. The molecule has 2 saturated heterocycles. The van der Waals surface area contributed by atoms with Gasteiger partial charge in [-0.2, -0.15) is 18.2 Å². The van der Waals surface area contributed by atoms with Crippen LogP contribution in [0.25, 0.3) is 5.70 Å². The number of thiazole rings is 1. The van der Waals surface area contributed by atoms with Gasteiger partial charge in [-0.05, 0) is 113 Å². The lowest BCUT2D eigenvalue weighted by Crippen LogP contribution is -2.55. The van der Waals surface area contributed by atoms with Gasteiger partial charge in [-0.1, -0.05) is 0 Å². The van der Waals surface area contributed by atoms with E-state index in [1.165, 1.54) is 12.8 Å². The Morgan fingerprint density at radius 1 is 0.733 bits per heavy atom. The highest BCUT2D eigenvalue weighted by atomic mass is 32.1. The van der Waals surface area contributed by atoms with E-state index >= 15 is 0 Å². The zero-order chi connectivity index (χ0) is 41.0. The average molecular weight is 833 g/mol. The van der Waals surface area contributed by atoms with E-state index < -0.39 is 18.2 Å². The van der Waals surface area contributed by atoms with Crippen molar-refractivity contribution < 1.29 is 22.0 Å². The van der Waals surface area contributed by atoms with Gasteiger partial charge in [0, 0.05) is 66.2 Å². The molecule has 5 aliphatic rings. The maximum atomic E-state index is 13.8. The van der Waals surface area contributed by atoms with E-state index in [4.69, 9.17) is 23.8 Å². The van der Waals surface area contributed by atoms with Crippen molar-refractivity contribution in [3.8, 4) is 0 Å². The monoisotopic (exact) mass is 832 g/mol. The van der Waals surface area contributed by atoms with E-state index in [0.29, 0.717) is 23.2 Å². The first-order chi connectivity index (χ1) is 29.1. The number of aromatic nitrogens is 1. The van der Waals surface area contributed by atoms with Crippen LogP contribution in [0.2, 0.25) is 0 Å². The summed E-state index contributed by atoms with van der Waals surface area (Å²) in [4.78, 5) is 25.6. The highest BCUT2D eigenvalue weighted by molar-refractivity contribution is 7.11. The number of benzene rings is 2. The highest BCUT2D eigenvalue weighted by Crippen LogP contribution is 2.40. The van der Waals surface area contributed by atoms with Gasteiger partial charge in [0.2, 0.25) is 12.2 Å². The third kappa shape index (κ3) is 7.55. The van der Waals surface area contributed by atoms with Crippen molar-refractivity contribution in [2.45, 2.75) is 64.8 Å². The zero-order valence-corrected chi connectivity index (χ0v) is 34.0. The van der Waals surface area contributed by atoms with Crippen LogP contribution in [0, 0.1) is 13.8 Å². The summed E-state index contributed by atoms with van der Waals surface area (Å²) < 4.78 is 53.3. The summed E-state index contributed by atoms with van der Waals surface area (Å²) in [5.74, 6) is 3.16. The van der Waals surface area contributed by atoms with Crippen molar-refractivity contribution >= 4 is 69.1 Å². The van der Waals surface area contributed by atoms with Gasteiger partial charge in [0.1, 0.15) is 11.5 Å². The van der Waals surface area contributed by atoms with Gasteiger partial charge in [-0.3, -0.25) is 4.90 Å². The van der Waals surface area contributed by atoms with Crippen molar-refractivity contribution in [3.63, 3.8) is 0 Å². The number of guanidine groups is 1. The molecule has 308 valence electrons. The summed E-state index contributed by atoms with van der Waals surface area (Å²) in [6.45, 7) is 7.70. The SMILES string of the molecule is Cc1ccc(Nc2cc(N3CCCCC3)ccc2C2=CC3=CC(c4ccc(N5CCCCC5)cc4Nc4ccc(C)o4)=NC4NC(c5nc(C(F)(F)F)cs5)=NC(=N2)N34)o1. The Hall–Kier alpha value is -6.29. The van der Waals surface area contributed by atoms with Gasteiger partial charge in [0.15, 0.2) is 28.3 Å². The second-order valence-electron chi connectivity index (χ2n) is 15.5. The Morgan fingerprint density at radius 2 is 1.33 bits per heavy atom. The van der Waals surface area contributed by atoms with Crippen LogP contribution in [0.15, 0.2) is 108 Å². The second-order valence-corrected chi connectivity index (χ2v) is 16.4. The normalized spacial score (nSPS) is 19.1. The summed E-state index contributed by atoms with van der Waals surface area (Å²) in [5.41, 5.74) is 6.41. The molecule has 0 radical (unpaired) electrons.